The highest BCUT2D eigenvalue weighted by Gasteiger charge is 2.00. The van der Waals surface area contributed by atoms with E-state index in [1.165, 1.54) is 10.9 Å². The molecule has 0 amide bonds. The lowest BCUT2D eigenvalue weighted by molar-refractivity contribution is 1.36. The molecule has 0 bridgehead atoms. The van der Waals surface area contributed by atoms with Gasteiger partial charge in [-0.3, -0.25) is 4.98 Å². The van der Waals surface area contributed by atoms with E-state index in [4.69, 9.17) is 0 Å². The third kappa shape index (κ3) is 1.22. The van der Waals surface area contributed by atoms with Gasteiger partial charge in [-0.2, -0.15) is 0 Å². The van der Waals surface area contributed by atoms with Gasteiger partial charge in [0, 0.05) is 11.6 Å². The Morgan fingerprint density at radius 3 is 2.92 bits per heavy atom. The Morgan fingerprint density at radius 1 is 1.31 bits per heavy atom. The summed E-state index contributed by atoms with van der Waals surface area (Å²) in [6.07, 6.45) is 3.69. The number of aromatic nitrogens is 1. The zero-order valence-corrected chi connectivity index (χ0v) is 7.62. The van der Waals surface area contributed by atoms with Crippen molar-refractivity contribution in [2.45, 2.75) is 6.92 Å². The molecule has 1 aromatic carbocycles. The maximum atomic E-state index is 4.34. The number of hydrogen-bond donors (Lipinski definition) is 0. The minimum absolute atomic E-state index is 1.07. The first-order chi connectivity index (χ1) is 6.33. The molecule has 2 aromatic rings. The number of nitrogens with zero attached hydrogens (tertiary/aromatic N) is 1. The molecule has 0 aliphatic carbocycles. The van der Waals surface area contributed by atoms with Crippen molar-refractivity contribution in [1.29, 1.82) is 0 Å². The van der Waals surface area contributed by atoms with E-state index < -0.39 is 0 Å². The van der Waals surface area contributed by atoms with Gasteiger partial charge in [0.25, 0.3) is 0 Å². The average molecular weight is 169 g/mol. The van der Waals surface area contributed by atoms with Crippen LogP contribution in [0.3, 0.4) is 0 Å². The first kappa shape index (κ1) is 7.99. The van der Waals surface area contributed by atoms with Crippen molar-refractivity contribution in [3.63, 3.8) is 0 Å². The Kier molecular flexibility index (Phi) is 1.85. The van der Waals surface area contributed by atoms with Gasteiger partial charge in [-0.25, -0.2) is 0 Å². The normalized spacial score (nSPS) is 10.2. The number of hydrogen-bond acceptors (Lipinski definition) is 1. The lowest BCUT2D eigenvalue weighted by Gasteiger charge is -2.03. The summed E-state index contributed by atoms with van der Waals surface area (Å²) in [6, 6.07) is 8.18. The fourth-order valence-corrected chi connectivity index (χ4v) is 1.51. The molecule has 0 aliphatic heterocycles. The topological polar surface area (TPSA) is 12.9 Å². The SMILES string of the molecule is C=Cc1ccc(C)c2ncccc12. The summed E-state index contributed by atoms with van der Waals surface area (Å²) in [5, 5.41) is 1.18. The van der Waals surface area contributed by atoms with Crippen LogP contribution in [-0.4, -0.2) is 4.98 Å². The van der Waals surface area contributed by atoms with Gasteiger partial charge in [-0.05, 0) is 24.1 Å². The second-order valence-electron chi connectivity index (χ2n) is 3.08. The van der Waals surface area contributed by atoms with E-state index in [2.05, 4.69) is 36.7 Å². The highest BCUT2D eigenvalue weighted by molar-refractivity contribution is 5.89. The van der Waals surface area contributed by atoms with Crippen LogP contribution in [0.5, 0.6) is 0 Å². The van der Waals surface area contributed by atoms with Crippen molar-refractivity contribution >= 4 is 17.0 Å². The van der Waals surface area contributed by atoms with Gasteiger partial charge >= 0.3 is 0 Å². The highest BCUT2D eigenvalue weighted by Crippen LogP contribution is 2.20. The summed E-state index contributed by atoms with van der Waals surface area (Å²) >= 11 is 0. The standard InChI is InChI=1S/C12H11N/c1-3-10-7-6-9(2)12-11(10)5-4-8-13-12/h3-8H,1H2,2H3. The van der Waals surface area contributed by atoms with Crippen LogP contribution >= 0.6 is 0 Å². The maximum Gasteiger partial charge on any atom is 0.0737 e. The van der Waals surface area contributed by atoms with E-state index in [9.17, 15) is 0 Å². The molecule has 1 aromatic heterocycles. The minimum atomic E-state index is 1.07. The molecule has 0 aliphatic rings. The first-order valence-electron chi connectivity index (χ1n) is 4.29. The van der Waals surface area contributed by atoms with Crippen LogP contribution in [0.25, 0.3) is 17.0 Å². The molecular formula is C12H11N. The fraction of sp³-hybridized carbons (Fsp3) is 0.0833. The quantitative estimate of drug-likeness (QED) is 0.638. The molecular weight excluding hydrogens is 158 g/mol. The third-order valence-electron chi connectivity index (χ3n) is 2.23. The zero-order chi connectivity index (χ0) is 9.26. The van der Waals surface area contributed by atoms with Crippen molar-refractivity contribution in [1.82, 2.24) is 4.98 Å². The van der Waals surface area contributed by atoms with Crippen molar-refractivity contribution in [2.75, 3.05) is 0 Å². The summed E-state index contributed by atoms with van der Waals surface area (Å²) in [5.74, 6) is 0. The molecule has 0 saturated heterocycles. The van der Waals surface area contributed by atoms with E-state index in [0.717, 1.165) is 11.1 Å². The first-order valence-corrected chi connectivity index (χ1v) is 4.29. The van der Waals surface area contributed by atoms with Crippen LogP contribution in [-0.2, 0) is 0 Å². The molecule has 0 N–H and O–H groups in total. The van der Waals surface area contributed by atoms with E-state index in [1.54, 1.807) is 0 Å². The fourth-order valence-electron chi connectivity index (χ4n) is 1.51. The van der Waals surface area contributed by atoms with Crippen molar-refractivity contribution in [2.24, 2.45) is 0 Å². The number of aryl methyl sites for hydroxylation is 1. The minimum Gasteiger partial charge on any atom is -0.256 e. The summed E-state index contributed by atoms with van der Waals surface area (Å²) < 4.78 is 0. The van der Waals surface area contributed by atoms with Crippen LogP contribution in [0, 0.1) is 6.92 Å². The van der Waals surface area contributed by atoms with Crippen molar-refractivity contribution in [3.05, 3.63) is 48.2 Å². The molecule has 1 nitrogen and oxygen atoms in total. The monoisotopic (exact) mass is 169 g/mol. The third-order valence-corrected chi connectivity index (χ3v) is 2.23. The smallest absolute Gasteiger partial charge is 0.0737 e. The van der Waals surface area contributed by atoms with Crippen LogP contribution in [0.15, 0.2) is 37.0 Å². The second kappa shape index (κ2) is 3.02. The van der Waals surface area contributed by atoms with E-state index in [0.29, 0.717) is 0 Å². The van der Waals surface area contributed by atoms with Crippen LogP contribution in [0.2, 0.25) is 0 Å². The van der Waals surface area contributed by atoms with Crippen molar-refractivity contribution in [3.8, 4) is 0 Å². The van der Waals surface area contributed by atoms with Gasteiger partial charge < -0.3 is 0 Å². The molecule has 2 rings (SSSR count). The molecule has 0 saturated carbocycles. The molecule has 13 heavy (non-hydrogen) atoms. The second-order valence-corrected chi connectivity index (χ2v) is 3.08. The number of fused-ring (bicyclic) bond motifs is 1. The number of pyridine rings is 1. The molecule has 64 valence electrons. The van der Waals surface area contributed by atoms with E-state index in [1.807, 2.05) is 18.3 Å². The summed E-state index contributed by atoms with van der Waals surface area (Å²) in [4.78, 5) is 4.34. The Labute approximate surface area is 77.7 Å². The van der Waals surface area contributed by atoms with Crippen LogP contribution in [0.4, 0.5) is 0 Å². The zero-order valence-electron chi connectivity index (χ0n) is 7.62. The van der Waals surface area contributed by atoms with Gasteiger partial charge in [0.15, 0.2) is 0 Å². The highest BCUT2D eigenvalue weighted by atomic mass is 14.6. The maximum absolute atomic E-state index is 4.34. The van der Waals surface area contributed by atoms with Gasteiger partial charge in [0.1, 0.15) is 0 Å². The van der Waals surface area contributed by atoms with Gasteiger partial charge in [0.05, 0.1) is 5.52 Å². The predicted octanol–water partition coefficient (Wildman–Crippen LogP) is 3.19. The Morgan fingerprint density at radius 2 is 2.15 bits per heavy atom. The Bertz CT molecular complexity index is 458. The van der Waals surface area contributed by atoms with Crippen molar-refractivity contribution < 1.29 is 0 Å². The molecule has 0 spiro atoms. The molecule has 0 radical (unpaired) electrons. The molecule has 0 atom stereocenters. The summed E-state index contributed by atoms with van der Waals surface area (Å²) in [7, 11) is 0. The Hall–Kier alpha value is -1.63. The van der Waals surface area contributed by atoms with Crippen LogP contribution < -0.4 is 0 Å². The van der Waals surface area contributed by atoms with Gasteiger partial charge in [-0.15, -0.1) is 0 Å². The predicted molar refractivity (Wildman–Crippen MR) is 56.6 cm³/mol. The molecule has 1 heteroatoms. The Balaban J connectivity index is 2.92. The lowest BCUT2D eigenvalue weighted by atomic mass is 10.1. The number of benzene rings is 1. The molecule has 0 fully saturated rings. The van der Waals surface area contributed by atoms with Crippen LogP contribution in [0.1, 0.15) is 11.1 Å². The average Bonchev–Trinajstić information content (AvgIpc) is 2.19. The van der Waals surface area contributed by atoms with Gasteiger partial charge in [0.2, 0.25) is 0 Å². The number of rotatable bonds is 1. The summed E-state index contributed by atoms with van der Waals surface area (Å²) in [5.41, 5.74) is 3.43. The lowest BCUT2D eigenvalue weighted by Crippen LogP contribution is -1.84. The van der Waals surface area contributed by atoms with E-state index >= 15 is 0 Å². The van der Waals surface area contributed by atoms with E-state index in [-0.39, 0.29) is 0 Å². The molecule has 0 unspecified atom stereocenters. The van der Waals surface area contributed by atoms with Gasteiger partial charge in [-0.1, -0.05) is 30.9 Å². The molecule has 1 heterocycles. The summed E-state index contributed by atoms with van der Waals surface area (Å²) in [6.45, 7) is 5.85. The largest absolute Gasteiger partial charge is 0.256 e.